The molecule has 0 aliphatic carbocycles. The third-order valence-electron chi connectivity index (χ3n) is 5.41. The van der Waals surface area contributed by atoms with Crippen LogP contribution in [0.25, 0.3) is 0 Å². The number of hydrogen-bond donors (Lipinski definition) is 2. The van der Waals surface area contributed by atoms with Crippen LogP contribution in [-0.4, -0.2) is 7.11 Å². The van der Waals surface area contributed by atoms with Crippen LogP contribution in [0.15, 0.2) is 94.5 Å². The van der Waals surface area contributed by atoms with E-state index < -0.39 is 10.9 Å². The summed E-state index contributed by atoms with van der Waals surface area (Å²) >= 11 is 0. The molecule has 2 atom stereocenters. The van der Waals surface area contributed by atoms with Crippen LogP contribution in [-0.2, 0) is 0 Å². The molecule has 0 aromatic heterocycles. The Balaban J connectivity index is 1.65. The molecule has 31 heavy (non-hydrogen) atoms. The third-order valence-corrected chi connectivity index (χ3v) is 5.41. The Kier molecular flexibility index (Phi) is 5.96. The highest BCUT2D eigenvalue weighted by Crippen LogP contribution is 2.29. The Labute approximate surface area is 181 Å². The fourth-order valence-electron chi connectivity index (χ4n) is 3.74. The van der Waals surface area contributed by atoms with Crippen molar-refractivity contribution in [1.29, 1.82) is 0 Å². The van der Waals surface area contributed by atoms with Crippen molar-refractivity contribution in [2.24, 2.45) is 0 Å². The van der Waals surface area contributed by atoms with Crippen molar-refractivity contribution in [3.63, 3.8) is 0 Å². The lowest BCUT2D eigenvalue weighted by molar-refractivity contribution is 0.408. The van der Waals surface area contributed by atoms with Crippen molar-refractivity contribution >= 4 is 11.4 Å². The fraction of sp³-hybridized carbons (Fsp3) is 0.154. The molecule has 4 aromatic carbocycles. The summed E-state index contributed by atoms with van der Waals surface area (Å²) in [5.41, 5.74) is 3.14. The van der Waals surface area contributed by atoms with Gasteiger partial charge in [-0.15, -0.1) is 0 Å². The summed E-state index contributed by atoms with van der Waals surface area (Å²) in [5, 5.41) is 6.77. The van der Waals surface area contributed by atoms with Crippen molar-refractivity contribution < 1.29 is 4.74 Å². The second-order valence-electron chi connectivity index (χ2n) is 7.46. The number of rotatable bonds is 8. The van der Waals surface area contributed by atoms with Crippen LogP contribution in [0.1, 0.15) is 35.7 Å². The summed E-state index contributed by atoms with van der Waals surface area (Å²) in [7, 11) is 1.39. The first-order chi connectivity index (χ1) is 15.1. The highest BCUT2D eigenvalue weighted by atomic mass is 16.5. The van der Waals surface area contributed by atoms with Crippen LogP contribution in [0.5, 0.6) is 5.75 Å². The van der Waals surface area contributed by atoms with E-state index >= 15 is 0 Å². The predicted molar refractivity (Wildman–Crippen MR) is 124 cm³/mol. The van der Waals surface area contributed by atoms with Gasteiger partial charge in [0, 0.05) is 11.7 Å². The second-order valence-corrected chi connectivity index (χ2v) is 7.46. The highest BCUT2D eigenvalue weighted by Gasteiger charge is 2.22. The minimum Gasteiger partial charge on any atom is -0.491 e. The third kappa shape index (κ3) is 4.27. The minimum atomic E-state index is -0.596. The van der Waals surface area contributed by atoms with Crippen molar-refractivity contribution in [3.05, 3.63) is 122 Å². The molecule has 0 radical (unpaired) electrons. The van der Waals surface area contributed by atoms with Crippen LogP contribution >= 0.6 is 0 Å². The Bertz CT molecular complexity index is 1230. The van der Waals surface area contributed by atoms with Gasteiger partial charge in [-0.2, -0.15) is 0 Å². The number of methoxy groups -OCH3 is 1. The molecule has 0 aliphatic rings. The molecule has 5 nitrogen and oxygen atoms in total. The lowest BCUT2D eigenvalue weighted by Crippen LogP contribution is -2.34. The van der Waals surface area contributed by atoms with E-state index in [-0.39, 0.29) is 23.5 Å². The molecule has 0 aliphatic heterocycles. The predicted octanol–water partition coefficient (Wildman–Crippen LogP) is 4.48. The summed E-state index contributed by atoms with van der Waals surface area (Å²) in [6, 6.07) is 28.4. The molecular weight excluding hydrogens is 388 g/mol. The van der Waals surface area contributed by atoms with E-state index in [1.54, 1.807) is 0 Å². The Morgan fingerprint density at radius 1 is 0.742 bits per heavy atom. The monoisotopic (exact) mass is 412 g/mol. The van der Waals surface area contributed by atoms with Gasteiger partial charge in [0.2, 0.25) is 0 Å². The SMILES string of the molecule is COc1c(Nc2cccc(C(N[C@H](C)c3ccccc3)c3ccccc3)c2)c(=O)c1=O. The molecule has 0 heterocycles. The second kappa shape index (κ2) is 8.98. The quantitative estimate of drug-likeness (QED) is 0.418. The minimum absolute atomic E-state index is 0.0623. The largest absolute Gasteiger partial charge is 0.491 e. The first kappa shape index (κ1) is 20.6. The molecule has 5 heteroatoms. The number of benzene rings is 3. The van der Waals surface area contributed by atoms with Crippen molar-refractivity contribution in [2.75, 3.05) is 12.4 Å². The summed E-state index contributed by atoms with van der Waals surface area (Å²) < 4.78 is 5.04. The molecule has 156 valence electrons. The van der Waals surface area contributed by atoms with Gasteiger partial charge < -0.3 is 10.1 Å². The maximum atomic E-state index is 11.9. The lowest BCUT2D eigenvalue weighted by Gasteiger charge is -2.25. The van der Waals surface area contributed by atoms with Gasteiger partial charge in [0.1, 0.15) is 5.69 Å². The van der Waals surface area contributed by atoms with E-state index in [0.717, 1.165) is 16.8 Å². The zero-order chi connectivity index (χ0) is 21.8. The van der Waals surface area contributed by atoms with E-state index in [1.807, 2.05) is 60.7 Å². The van der Waals surface area contributed by atoms with Crippen LogP contribution in [0, 0.1) is 0 Å². The number of nitrogens with one attached hydrogen (secondary N) is 2. The molecule has 0 fully saturated rings. The maximum absolute atomic E-state index is 11.9. The average molecular weight is 412 g/mol. The number of anilines is 2. The molecular formula is C26H24N2O3. The smallest absolute Gasteiger partial charge is 0.272 e. The van der Waals surface area contributed by atoms with Crippen LogP contribution in [0.4, 0.5) is 11.4 Å². The topological polar surface area (TPSA) is 67.4 Å². The maximum Gasteiger partial charge on any atom is 0.272 e. The van der Waals surface area contributed by atoms with Crippen molar-refractivity contribution in [3.8, 4) is 5.75 Å². The van der Waals surface area contributed by atoms with Crippen LogP contribution in [0.3, 0.4) is 0 Å². The zero-order valence-electron chi connectivity index (χ0n) is 17.5. The van der Waals surface area contributed by atoms with E-state index in [1.165, 1.54) is 12.7 Å². The van der Waals surface area contributed by atoms with Gasteiger partial charge in [0.25, 0.3) is 10.9 Å². The molecule has 0 bridgehead atoms. The first-order valence-electron chi connectivity index (χ1n) is 10.2. The Morgan fingerprint density at radius 2 is 1.35 bits per heavy atom. The molecule has 0 saturated carbocycles. The van der Waals surface area contributed by atoms with E-state index in [2.05, 4.69) is 41.8 Å². The molecule has 0 spiro atoms. The standard InChI is InChI=1S/C26H24N2O3/c1-17(18-10-5-3-6-11-18)27-22(19-12-7-4-8-13-19)20-14-9-15-21(16-20)28-23-24(29)25(30)26(23)31-2/h3-17,22,27-28H,1-2H3/t17-,22?/m1/s1. The number of ether oxygens (including phenoxy) is 1. The average Bonchev–Trinajstić information content (AvgIpc) is 2.83. The van der Waals surface area contributed by atoms with E-state index in [0.29, 0.717) is 0 Å². The van der Waals surface area contributed by atoms with Gasteiger partial charge in [0.05, 0.1) is 13.2 Å². The molecule has 0 saturated heterocycles. The molecule has 4 aromatic rings. The summed E-state index contributed by atoms with van der Waals surface area (Å²) in [6.07, 6.45) is 0. The summed E-state index contributed by atoms with van der Waals surface area (Å²) in [4.78, 5) is 23.5. The molecule has 1 unspecified atom stereocenters. The van der Waals surface area contributed by atoms with Gasteiger partial charge in [0.15, 0.2) is 5.75 Å². The van der Waals surface area contributed by atoms with Gasteiger partial charge in [-0.25, -0.2) is 0 Å². The van der Waals surface area contributed by atoms with Gasteiger partial charge in [-0.1, -0.05) is 72.8 Å². The zero-order valence-corrected chi connectivity index (χ0v) is 17.5. The molecule has 0 amide bonds. The first-order valence-corrected chi connectivity index (χ1v) is 10.2. The summed E-state index contributed by atoms with van der Waals surface area (Å²) in [5.74, 6) is 0.0748. The van der Waals surface area contributed by atoms with E-state index in [9.17, 15) is 9.59 Å². The highest BCUT2D eigenvalue weighted by molar-refractivity contribution is 5.70. The van der Waals surface area contributed by atoms with E-state index in [4.69, 9.17) is 4.74 Å². The fourth-order valence-corrected chi connectivity index (χ4v) is 3.74. The van der Waals surface area contributed by atoms with Gasteiger partial charge >= 0.3 is 0 Å². The Morgan fingerprint density at radius 3 is 2.00 bits per heavy atom. The lowest BCUT2D eigenvalue weighted by atomic mass is 9.96. The summed E-state index contributed by atoms with van der Waals surface area (Å²) in [6.45, 7) is 2.14. The van der Waals surface area contributed by atoms with Crippen molar-refractivity contribution in [2.45, 2.75) is 19.0 Å². The van der Waals surface area contributed by atoms with Gasteiger partial charge in [-0.05, 0) is 35.7 Å². The van der Waals surface area contributed by atoms with Crippen LogP contribution in [0.2, 0.25) is 0 Å². The van der Waals surface area contributed by atoms with Crippen molar-refractivity contribution in [1.82, 2.24) is 5.32 Å². The van der Waals surface area contributed by atoms with Crippen LogP contribution < -0.4 is 26.2 Å². The van der Waals surface area contributed by atoms with Gasteiger partial charge in [-0.3, -0.25) is 14.9 Å². The molecule has 4 rings (SSSR count). The molecule has 2 N–H and O–H groups in total. The Hall–Kier alpha value is -3.70. The number of hydrogen-bond acceptors (Lipinski definition) is 5. The normalized spacial score (nSPS) is 13.0.